The average molecular weight is 421 g/mol. The number of piperidine rings is 1. The van der Waals surface area contributed by atoms with E-state index in [1.807, 2.05) is 42.2 Å². The molecule has 2 aliphatic rings. The van der Waals surface area contributed by atoms with Crippen molar-refractivity contribution >= 4 is 21.7 Å². The Hall–Kier alpha value is -1.89. The quantitative estimate of drug-likeness (QED) is 0.735. The van der Waals surface area contributed by atoms with E-state index in [1.54, 1.807) is 0 Å². The van der Waals surface area contributed by atoms with E-state index < -0.39 is 21.5 Å². The Labute approximate surface area is 174 Å². The second-order valence-corrected chi connectivity index (χ2v) is 10.5. The maximum absolute atomic E-state index is 13.0. The molecule has 7 heteroatoms. The molecule has 0 spiro atoms. The molecule has 1 aromatic rings. The van der Waals surface area contributed by atoms with E-state index in [0.29, 0.717) is 38.8 Å². The molecule has 1 N–H and O–H groups in total. The molecule has 1 aliphatic heterocycles. The molecule has 1 aliphatic carbocycles. The van der Waals surface area contributed by atoms with Gasteiger partial charge in [0.1, 0.15) is 5.75 Å². The van der Waals surface area contributed by atoms with Crippen molar-refractivity contribution in [3.8, 4) is 0 Å². The van der Waals surface area contributed by atoms with Crippen LogP contribution in [0.3, 0.4) is 0 Å². The van der Waals surface area contributed by atoms with Crippen LogP contribution in [0.2, 0.25) is 0 Å². The van der Waals surface area contributed by atoms with Crippen LogP contribution in [-0.4, -0.2) is 55.3 Å². The summed E-state index contributed by atoms with van der Waals surface area (Å²) in [5.74, 6) is -0.827. The fourth-order valence-corrected chi connectivity index (χ4v) is 6.26. The van der Waals surface area contributed by atoms with Gasteiger partial charge in [-0.05, 0) is 37.7 Å². The molecule has 6 nitrogen and oxygen atoms in total. The maximum atomic E-state index is 13.0. The Balaban J connectivity index is 1.48. The molecule has 0 radical (unpaired) electrons. The van der Waals surface area contributed by atoms with Crippen LogP contribution in [0.1, 0.15) is 63.4 Å². The van der Waals surface area contributed by atoms with Crippen LogP contribution >= 0.6 is 0 Å². The van der Waals surface area contributed by atoms with Crippen LogP contribution in [0.4, 0.5) is 0 Å². The average Bonchev–Trinajstić information content (AvgIpc) is 3.25. The van der Waals surface area contributed by atoms with Crippen molar-refractivity contribution in [1.29, 1.82) is 0 Å². The van der Waals surface area contributed by atoms with Crippen molar-refractivity contribution in [2.75, 3.05) is 18.8 Å². The van der Waals surface area contributed by atoms with Gasteiger partial charge in [0.05, 0.1) is 11.2 Å². The fourth-order valence-electron chi connectivity index (χ4n) is 4.52. The number of sulfone groups is 1. The number of amides is 2. The van der Waals surface area contributed by atoms with Gasteiger partial charge in [0.15, 0.2) is 9.84 Å². The lowest BCUT2D eigenvalue weighted by Gasteiger charge is -2.34. The first-order valence-corrected chi connectivity index (χ1v) is 12.5. The topological polar surface area (TPSA) is 83.6 Å². The van der Waals surface area contributed by atoms with Gasteiger partial charge in [0.2, 0.25) is 11.8 Å². The summed E-state index contributed by atoms with van der Waals surface area (Å²) in [7, 11) is -3.36. The summed E-state index contributed by atoms with van der Waals surface area (Å²) in [5.41, 5.74) is 1.03. The molecule has 0 bridgehead atoms. The molecular weight excluding hydrogens is 388 g/mol. The zero-order valence-electron chi connectivity index (χ0n) is 17.2. The maximum Gasteiger partial charge on any atom is 0.235 e. The van der Waals surface area contributed by atoms with Gasteiger partial charge < -0.3 is 10.2 Å². The first-order chi connectivity index (χ1) is 13.9. The van der Waals surface area contributed by atoms with E-state index in [1.165, 1.54) is 0 Å². The van der Waals surface area contributed by atoms with Crippen LogP contribution in [0.25, 0.3) is 0 Å². The highest BCUT2D eigenvalue weighted by Gasteiger charge is 2.32. The van der Waals surface area contributed by atoms with Gasteiger partial charge in [-0.15, -0.1) is 0 Å². The number of rotatable bonds is 7. The summed E-state index contributed by atoms with van der Waals surface area (Å²) in [6.07, 6.45) is 5.28. The van der Waals surface area contributed by atoms with Crippen molar-refractivity contribution in [1.82, 2.24) is 10.2 Å². The van der Waals surface area contributed by atoms with Gasteiger partial charge >= 0.3 is 0 Å². The van der Waals surface area contributed by atoms with Crippen LogP contribution in [0.15, 0.2) is 30.3 Å². The number of likely N-dealkylation sites (tertiary alicyclic amines) is 1. The number of benzene rings is 1. The van der Waals surface area contributed by atoms with Crippen LogP contribution in [-0.2, 0) is 19.4 Å². The summed E-state index contributed by atoms with van der Waals surface area (Å²) >= 11 is 0. The second kappa shape index (κ2) is 9.74. The molecular formula is C22H32N2O4S. The first kappa shape index (κ1) is 21.8. The Morgan fingerprint density at radius 1 is 1.07 bits per heavy atom. The molecule has 2 amide bonds. The molecule has 1 unspecified atom stereocenters. The van der Waals surface area contributed by atoms with Gasteiger partial charge in [-0.3, -0.25) is 9.59 Å². The predicted molar refractivity (Wildman–Crippen MR) is 113 cm³/mol. The Morgan fingerprint density at radius 3 is 2.28 bits per heavy atom. The third-order valence-electron chi connectivity index (χ3n) is 6.22. The van der Waals surface area contributed by atoms with E-state index in [9.17, 15) is 18.0 Å². The summed E-state index contributed by atoms with van der Waals surface area (Å²) in [6, 6.07) is 9.76. The molecule has 1 aromatic carbocycles. The standard InChI is InChI=1S/C22H32N2O4S/c1-2-20(17-8-4-3-5-9-17)22(26)24-14-12-18(13-15-24)23-21(25)16-29(27,28)19-10-6-7-11-19/h3-5,8-9,18-20H,2,6-7,10-16H2,1H3,(H,23,25). The number of carbonyl (C=O) groups excluding carboxylic acids is 2. The molecule has 3 rings (SSSR count). The van der Waals surface area contributed by atoms with Crippen molar-refractivity contribution in [3.63, 3.8) is 0 Å². The number of hydrogen-bond acceptors (Lipinski definition) is 4. The highest BCUT2D eigenvalue weighted by atomic mass is 32.2. The molecule has 160 valence electrons. The van der Waals surface area contributed by atoms with Crippen molar-refractivity contribution < 1.29 is 18.0 Å². The number of nitrogens with one attached hydrogen (secondary N) is 1. The second-order valence-electron chi connectivity index (χ2n) is 8.25. The van der Waals surface area contributed by atoms with Crippen molar-refractivity contribution in [2.24, 2.45) is 0 Å². The van der Waals surface area contributed by atoms with Crippen molar-refractivity contribution in [3.05, 3.63) is 35.9 Å². The summed E-state index contributed by atoms with van der Waals surface area (Å²) in [6.45, 7) is 3.19. The van der Waals surface area contributed by atoms with E-state index in [2.05, 4.69) is 5.32 Å². The predicted octanol–water partition coefficient (Wildman–Crippen LogP) is 2.64. The number of carbonyl (C=O) groups is 2. The third-order valence-corrected chi connectivity index (χ3v) is 8.37. The normalized spacial score (nSPS) is 19.8. The lowest BCUT2D eigenvalue weighted by molar-refractivity contribution is -0.134. The fraction of sp³-hybridized carbons (Fsp3) is 0.636. The largest absolute Gasteiger partial charge is 0.352 e. The highest BCUT2D eigenvalue weighted by Crippen LogP contribution is 2.26. The zero-order chi connectivity index (χ0) is 20.9. The summed E-state index contributed by atoms with van der Waals surface area (Å²) < 4.78 is 24.7. The van der Waals surface area contributed by atoms with Crippen LogP contribution in [0.5, 0.6) is 0 Å². The van der Waals surface area contributed by atoms with E-state index in [-0.39, 0.29) is 23.1 Å². The lowest BCUT2D eigenvalue weighted by atomic mass is 9.93. The molecule has 29 heavy (non-hydrogen) atoms. The van der Waals surface area contributed by atoms with E-state index in [0.717, 1.165) is 24.8 Å². The summed E-state index contributed by atoms with van der Waals surface area (Å²) in [4.78, 5) is 27.1. The first-order valence-electron chi connectivity index (χ1n) is 10.8. The Morgan fingerprint density at radius 2 is 1.69 bits per heavy atom. The molecule has 0 aromatic heterocycles. The van der Waals surface area contributed by atoms with Gasteiger partial charge in [0, 0.05) is 19.1 Å². The lowest BCUT2D eigenvalue weighted by Crippen LogP contribution is -2.49. The number of hydrogen-bond donors (Lipinski definition) is 1. The molecule has 1 saturated carbocycles. The van der Waals surface area contributed by atoms with Gasteiger partial charge in [-0.2, -0.15) is 0 Å². The van der Waals surface area contributed by atoms with E-state index >= 15 is 0 Å². The van der Waals surface area contributed by atoms with E-state index in [4.69, 9.17) is 0 Å². The van der Waals surface area contributed by atoms with Crippen LogP contribution in [0, 0.1) is 0 Å². The SMILES string of the molecule is CCC(C(=O)N1CCC(NC(=O)CS(=O)(=O)C2CCCC2)CC1)c1ccccc1. The summed E-state index contributed by atoms with van der Waals surface area (Å²) in [5, 5.41) is 2.53. The van der Waals surface area contributed by atoms with Crippen LogP contribution < -0.4 is 5.32 Å². The van der Waals surface area contributed by atoms with Gasteiger partial charge in [-0.1, -0.05) is 50.1 Å². The molecule has 1 atom stereocenters. The smallest absolute Gasteiger partial charge is 0.235 e. The minimum Gasteiger partial charge on any atom is -0.352 e. The monoisotopic (exact) mass is 420 g/mol. The molecule has 2 fully saturated rings. The zero-order valence-corrected chi connectivity index (χ0v) is 18.0. The minimum atomic E-state index is -3.36. The highest BCUT2D eigenvalue weighted by molar-refractivity contribution is 7.92. The molecule has 1 heterocycles. The third kappa shape index (κ3) is 5.59. The Bertz CT molecular complexity index is 795. The van der Waals surface area contributed by atoms with Gasteiger partial charge in [0.25, 0.3) is 0 Å². The number of nitrogens with zero attached hydrogens (tertiary/aromatic N) is 1. The van der Waals surface area contributed by atoms with Gasteiger partial charge in [-0.25, -0.2) is 8.42 Å². The van der Waals surface area contributed by atoms with Crippen molar-refractivity contribution in [2.45, 2.75) is 69.1 Å². The Kier molecular flexibility index (Phi) is 7.33. The molecule has 1 saturated heterocycles. The minimum absolute atomic E-state index is 0.0675.